The Hall–Kier alpha value is -0.123. The SMILES string of the molecule is COCCCCCC1CC[Si](c2ccccc2)(C2CCC(CBr)CC2)CC1. The number of alkyl halides is 1. The van der Waals surface area contributed by atoms with Crippen molar-refractivity contribution >= 4 is 29.2 Å². The Labute approximate surface area is 176 Å². The van der Waals surface area contributed by atoms with Gasteiger partial charge in [0.15, 0.2) is 0 Å². The summed E-state index contributed by atoms with van der Waals surface area (Å²) in [6.45, 7) is 0.936. The second kappa shape index (κ2) is 11.2. The Balaban J connectivity index is 1.60. The summed E-state index contributed by atoms with van der Waals surface area (Å²) in [7, 11) is 0.482. The highest BCUT2D eigenvalue weighted by atomic mass is 79.9. The van der Waals surface area contributed by atoms with Crippen LogP contribution in [0, 0.1) is 11.8 Å². The van der Waals surface area contributed by atoms with Crippen LogP contribution in [0.1, 0.15) is 64.2 Å². The normalized spacial score (nSPS) is 31.7. The summed E-state index contributed by atoms with van der Waals surface area (Å²) in [5.74, 6) is 1.93. The Morgan fingerprint density at radius 3 is 2.22 bits per heavy atom. The van der Waals surface area contributed by atoms with Gasteiger partial charge in [0, 0.05) is 19.0 Å². The van der Waals surface area contributed by atoms with E-state index in [-0.39, 0.29) is 0 Å². The van der Waals surface area contributed by atoms with Crippen LogP contribution in [-0.2, 0) is 4.74 Å². The molecule has 0 bridgehead atoms. The first-order chi connectivity index (χ1) is 13.3. The fourth-order valence-electron chi connectivity index (χ4n) is 5.91. The molecule has 2 aliphatic rings. The lowest BCUT2D eigenvalue weighted by Crippen LogP contribution is -2.54. The number of unbranched alkanes of at least 4 members (excludes halogenated alkanes) is 2. The summed E-state index contributed by atoms with van der Waals surface area (Å²) >= 11 is 3.74. The lowest BCUT2D eigenvalue weighted by molar-refractivity contribution is 0.191. The van der Waals surface area contributed by atoms with Crippen LogP contribution in [0.2, 0.25) is 17.6 Å². The first-order valence-corrected chi connectivity index (χ1v) is 15.0. The molecule has 27 heavy (non-hydrogen) atoms. The van der Waals surface area contributed by atoms with Crippen LogP contribution in [0.25, 0.3) is 0 Å². The number of hydrogen-bond acceptors (Lipinski definition) is 1. The fraction of sp³-hybridized carbons (Fsp3) is 0.750. The van der Waals surface area contributed by atoms with Crippen LogP contribution in [0.3, 0.4) is 0 Å². The number of benzene rings is 1. The molecule has 0 amide bonds. The summed E-state index contributed by atoms with van der Waals surface area (Å²) in [6.07, 6.45) is 14.4. The molecule has 1 aromatic rings. The van der Waals surface area contributed by atoms with E-state index >= 15 is 0 Å². The molecule has 1 saturated carbocycles. The maximum Gasteiger partial charge on any atom is 0.0897 e. The van der Waals surface area contributed by atoms with E-state index in [4.69, 9.17) is 4.74 Å². The highest BCUT2D eigenvalue weighted by Crippen LogP contribution is 2.48. The predicted molar refractivity (Wildman–Crippen MR) is 124 cm³/mol. The van der Waals surface area contributed by atoms with Gasteiger partial charge in [0.2, 0.25) is 0 Å². The van der Waals surface area contributed by atoms with Crippen molar-refractivity contribution in [1.29, 1.82) is 0 Å². The zero-order valence-electron chi connectivity index (χ0n) is 17.3. The standard InChI is InChI=1S/C24H39BrOSi/c1-26-17-7-3-4-8-21-15-18-27(19-16-21,23-9-5-2-6-10-23)24-13-11-22(20-25)12-14-24/h2,5-6,9-10,21-22,24H,3-4,7-8,11-20H2,1H3. The molecule has 0 radical (unpaired) electrons. The molecule has 1 nitrogen and oxygen atoms in total. The lowest BCUT2D eigenvalue weighted by atomic mass is 9.90. The highest BCUT2D eigenvalue weighted by Gasteiger charge is 2.45. The van der Waals surface area contributed by atoms with Crippen LogP contribution in [0.4, 0.5) is 0 Å². The van der Waals surface area contributed by atoms with Crippen molar-refractivity contribution < 1.29 is 4.74 Å². The minimum absolute atomic E-state index is 0.936. The Bertz CT molecular complexity index is 518. The van der Waals surface area contributed by atoms with Gasteiger partial charge in [-0.05, 0) is 36.6 Å². The Morgan fingerprint density at radius 1 is 0.889 bits per heavy atom. The van der Waals surface area contributed by atoms with Gasteiger partial charge in [-0.25, -0.2) is 0 Å². The molecule has 0 N–H and O–H groups in total. The van der Waals surface area contributed by atoms with Gasteiger partial charge in [-0.3, -0.25) is 0 Å². The topological polar surface area (TPSA) is 9.23 Å². The van der Waals surface area contributed by atoms with E-state index in [1.165, 1.54) is 69.5 Å². The molecule has 1 aromatic carbocycles. The molecule has 1 heterocycles. The van der Waals surface area contributed by atoms with E-state index in [1.54, 1.807) is 17.3 Å². The summed E-state index contributed by atoms with van der Waals surface area (Å²) in [4.78, 5) is 0. The molecule has 0 aromatic heterocycles. The van der Waals surface area contributed by atoms with E-state index in [2.05, 4.69) is 46.3 Å². The molecule has 152 valence electrons. The number of methoxy groups -OCH3 is 1. The van der Waals surface area contributed by atoms with E-state index in [0.29, 0.717) is 0 Å². The van der Waals surface area contributed by atoms with Crippen molar-refractivity contribution in [2.24, 2.45) is 11.8 Å². The Morgan fingerprint density at radius 2 is 1.59 bits per heavy atom. The predicted octanol–water partition coefficient (Wildman–Crippen LogP) is 6.91. The van der Waals surface area contributed by atoms with Gasteiger partial charge >= 0.3 is 0 Å². The fourth-order valence-corrected chi connectivity index (χ4v) is 12.8. The minimum atomic E-state index is -1.34. The molecule has 1 aliphatic heterocycles. The summed E-state index contributed by atoms with van der Waals surface area (Å²) in [5, 5.41) is 3.00. The van der Waals surface area contributed by atoms with Crippen LogP contribution < -0.4 is 5.19 Å². The smallest absolute Gasteiger partial charge is 0.0897 e. The monoisotopic (exact) mass is 450 g/mol. The number of halogens is 1. The van der Waals surface area contributed by atoms with Gasteiger partial charge in [-0.2, -0.15) is 0 Å². The number of hydrogen-bond donors (Lipinski definition) is 0. The molecule has 2 fully saturated rings. The lowest BCUT2D eigenvalue weighted by Gasteiger charge is -2.47. The summed E-state index contributed by atoms with van der Waals surface area (Å²) < 4.78 is 5.20. The van der Waals surface area contributed by atoms with E-state index in [1.807, 2.05) is 7.11 Å². The molecule has 3 rings (SSSR count). The van der Waals surface area contributed by atoms with Crippen molar-refractivity contribution in [1.82, 2.24) is 0 Å². The maximum absolute atomic E-state index is 5.20. The molecule has 0 atom stereocenters. The third-order valence-corrected chi connectivity index (χ3v) is 14.6. The van der Waals surface area contributed by atoms with Crippen molar-refractivity contribution in [3.8, 4) is 0 Å². The maximum atomic E-state index is 5.20. The zero-order chi connectivity index (χ0) is 19.0. The Kier molecular flexibility index (Phi) is 8.92. The second-order valence-corrected chi connectivity index (χ2v) is 14.5. The van der Waals surface area contributed by atoms with Gasteiger partial charge in [0.25, 0.3) is 0 Å². The minimum Gasteiger partial charge on any atom is -0.385 e. The number of rotatable bonds is 9. The molecule has 3 heteroatoms. The van der Waals surface area contributed by atoms with Crippen molar-refractivity contribution in [2.45, 2.75) is 81.8 Å². The number of ether oxygens (including phenoxy) is 1. The average molecular weight is 452 g/mol. The molecule has 1 aliphatic carbocycles. The van der Waals surface area contributed by atoms with Crippen LogP contribution in [0.15, 0.2) is 30.3 Å². The summed E-state index contributed by atoms with van der Waals surface area (Å²) in [6, 6.07) is 14.9. The molecule has 0 spiro atoms. The van der Waals surface area contributed by atoms with E-state index in [9.17, 15) is 0 Å². The van der Waals surface area contributed by atoms with Crippen molar-refractivity contribution in [3.05, 3.63) is 30.3 Å². The first kappa shape index (κ1) is 21.6. The summed E-state index contributed by atoms with van der Waals surface area (Å²) in [5.41, 5.74) is 1.04. The van der Waals surface area contributed by atoms with Gasteiger partial charge in [-0.15, -0.1) is 0 Å². The van der Waals surface area contributed by atoms with E-state index in [0.717, 1.165) is 24.0 Å². The molecule has 1 saturated heterocycles. The van der Waals surface area contributed by atoms with Gasteiger partial charge in [0.1, 0.15) is 0 Å². The molecular weight excluding hydrogens is 412 g/mol. The zero-order valence-corrected chi connectivity index (χ0v) is 19.9. The second-order valence-electron chi connectivity index (χ2n) is 9.18. The van der Waals surface area contributed by atoms with Crippen molar-refractivity contribution in [3.63, 3.8) is 0 Å². The van der Waals surface area contributed by atoms with Crippen LogP contribution in [0.5, 0.6) is 0 Å². The van der Waals surface area contributed by atoms with Crippen molar-refractivity contribution in [2.75, 3.05) is 19.0 Å². The molecular formula is C24H39BrOSi. The largest absolute Gasteiger partial charge is 0.385 e. The first-order valence-electron chi connectivity index (χ1n) is 11.4. The average Bonchev–Trinajstić information content (AvgIpc) is 2.75. The third kappa shape index (κ3) is 5.70. The van der Waals surface area contributed by atoms with E-state index < -0.39 is 8.07 Å². The molecule has 0 unspecified atom stereocenters. The van der Waals surface area contributed by atoms with Crippen LogP contribution >= 0.6 is 15.9 Å². The quantitative estimate of drug-likeness (QED) is 0.225. The van der Waals surface area contributed by atoms with Gasteiger partial charge in [-0.1, -0.05) is 108 Å². The van der Waals surface area contributed by atoms with Crippen LogP contribution in [-0.4, -0.2) is 27.1 Å². The highest BCUT2D eigenvalue weighted by molar-refractivity contribution is 9.09. The third-order valence-electron chi connectivity index (χ3n) is 7.65. The van der Waals surface area contributed by atoms with Gasteiger partial charge in [0.05, 0.1) is 8.07 Å². The van der Waals surface area contributed by atoms with Gasteiger partial charge < -0.3 is 4.74 Å².